The maximum atomic E-state index is 6.48. The summed E-state index contributed by atoms with van der Waals surface area (Å²) in [6, 6.07) is 5.74. The fourth-order valence-electron chi connectivity index (χ4n) is 2.68. The lowest BCUT2D eigenvalue weighted by molar-refractivity contribution is 0.242. The maximum absolute atomic E-state index is 6.48. The largest absolute Gasteiger partial charge is 0.491 e. The van der Waals surface area contributed by atoms with Crippen molar-refractivity contribution in [3.8, 4) is 28.8 Å². The molecule has 0 aliphatic heterocycles. The lowest BCUT2D eigenvalue weighted by Crippen LogP contribution is -2.19. The van der Waals surface area contributed by atoms with Crippen LogP contribution in [0.15, 0.2) is 18.2 Å². The second kappa shape index (κ2) is 9.65. The Morgan fingerprint density at radius 2 is 1.70 bits per heavy atom. The standard InChI is InChI=1S/C20H28ClN3O3/c1-7-13(8-2)22-18-20(26-6)23-17(19(24-18)25-5)15-10-9-14(11-16(15)21)27-12(3)4/h9-13H,7-8H2,1-6H3,(H,22,24). The number of hydrogen-bond acceptors (Lipinski definition) is 6. The van der Waals surface area contributed by atoms with E-state index in [1.807, 2.05) is 26.0 Å². The van der Waals surface area contributed by atoms with Crippen LogP contribution in [0.25, 0.3) is 11.3 Å². The molecule has 0 radical (unpaired) electrons. The first-order valence-corrected chi connectivity index (χ1v) is 9.54. The number of methoxy groups -OCH3 is 2. The van der Waals surface area contributed by atoms with Gasteiger partial charge in [0.25, 0.3) is 5.88 Å². The highest BCUT2D eigenvalue weighted by Crippen LogP contribution is 2.38. The molecule has 1 aromatic heterocycles. The molecule has 1 heterocycles. The maximum Gasteiger partial charge on any atom is 0.258 e. The fraction of sp³-hybridized carbons (Fsp3) is 0.500. The molecule has 0 unspecified atom stereocenters. The molecule has 6 nitrogen and oxygen atoms in total. The van der Waals surface area contributed by atoms with Crippen molar-refractivity contribution in [2.45, 2.75) is 52.7 Å². The SMILES string of the molecule is CCC(CC)Nc1nc(OC)c(-c2ccc(OC(C)C)cc2Cl)nc1OC. The Hall–Kier alpha value is -2.21. The van der Waals surface area contributed by atoms with Gasteiger partial charge in [0.05, 0.1) is 25.3 Å². The van der Waals surface area contributed by atoms with Crippen LogP contribution in [0.1, 0.15) is 40.5 Å². The van der Waals surface area contributed by atoms with Crippen molar-refractivity contribution in [3.05, 3.63) is 23.2 Å². The van der Waals surface area contributed by atoms with Crippen molar-refractivity contribution >= 4 is 17.4 Å². The van der Waals surface area contributed by atoms with Gasteiger partial charge < -0.3 is 19.5 Å². The second-order valence-electron chi connectivity index (χ2n) is 6.41. The zero-order chi connectivity index (χ0) is 20.0. The van der Waals surface area contributed by atoms with Crippen molar-refractivity contribution in [1.29, 1.82) is 0 Å². The predicted molar refractivity (Wildman–Crippen MR) is 109 cm³/mol. The summed E-state index contributed by atoms with van der Waals surface area (Å²) in [6.07, 6.45) is 2.00. The minimum Gasteiger partial charge on any atom is -0.491 e. The van der Waals surface area contributed by atoms with E-state index >= 15 is 0 Å². The van der Waals surface area contributed by atoms with E-state index in [-0.39, 0.29) is 12.1 Å². The van der Waals surface area contributed by atoms with E-state index in [0.717, 1.165) is 12.8 Å². The number of anilines is 1. The normalized spacial score (nSPS) is 11.0. The summed E-state index contributed by atoms with van der Waals surface area (Å²) in [5.41, 5.74) is 1.22. The number of nitrogens with one attached hydrogen (secondary N) is 1. The number of nitrogens with zero attached hydrogens (tertiary/aromatic N) is 2. The summed E-state index contributed by atoms with van der Waals surface area (Å²) in [7, 11) is 3.13. The first-order chi connectivity index (χ1) is 12.9. The molecule has 2 aromatic rings. The topological polar surface area (TPSA) is 65.5 Å². The highest BCUT2D eigenvalue weighted by Gasteiger charge is 2.20. The Kier molecular flexibility index (Phi) is 7.54. The molecule has 1 aromatic carbocycles. The van der Waals surface area contributed by atoms with Gasteiger partial charge >= 0.3 is 0 Å². The molecule has 148 valence electrons. The molecule has 2 rings (SSSR count). The fourth-order valence-corrected chi connectivity index (χ4v) is 2.94. The lowest BCUT2D eigenvalue weighted by Gasteiger charge is -2.19. The Balaban J connectivity index is 2.47. The number of benzene rings is 1. The van der Waals surface area contributed by atoms with Gasteiger partial charge in [0.15, 0.2) is 5.82 Å². The Labute approximate surface area is 166 Å². The Morgan fingerprint density at radius 3 is 2.22 bits per heavy atom. The molecular formula is C20H28ClN3O3. The van der Waals surface area contributed by atoms with E-state index in [0.29, 0.717) is 39.6 Å². The second-order valence-corrected chi connectivity index (χ2v) is 6.81. The van der Waals surface area contributed by atoms with Crippen LogP contribution < -0.4 is 19.5 Å². The number of ether oxygens (including phenoxy) is 3. The first kappa shape index (κ1) is 21.1. The summed E-state index contributed by atoms with van der Waals surface area (Å²) >= 11 is 6.48. The Morgan fingerprint density at radius 1 is 1.04 bits per heavy atom. The molecule has 0 aliphatic rings. The average molecular weight is 394 g/mol. The number of halogens is 1. The third-order valence-corrected chi connectivity index (χ3v) is 4.43. The molecule has 0 amide bonds. The van der Waals surface area contributed by atoms with Gasteiger partial charge in [-0.15, -0.1) is 0 Å². The van der Waals surface area contributed by atoms with E-state index in [1.54, 1.807) is 20.3 Å². The van der Waals surface area contributed by atoms with Crippen LogP contribution in [0.3, 0.4) is 0 Å². The zero-order valence-corrected chi connectivity index (χ0v) is 17.6. The van der Waals surface area contributed by atoms with Crippen LogP contribution >= 0.6 is 11.6 Å². The summed E-state index contributed by atoms with van der Waals surface area (Å²) < 4.78 is 16.6. The molecule has 0 bridgehead atoms. The van der Waals surface area contributed by atoms with E-state index in [4.69, 9.17) is 25.8 Å². The van der Waals surface area contributed by atoms with Gasteiger partial charge in [-0.05, 0) is 44.9 Å². The molecule has 0 spiro atoms. The zero-order valence-electron chi connectivity index (χ0n) is 16.8. The third kappa shape index (κ3) is 5.16. The van der Waals surface area contributed by atoms with Gasteiger partial charge in [0.1, 0.15) is 11.4 Å². The summed E-state index contributed by atoms with van der Waals surface area (Å²) in [5, 5.41) is 3.87. The van der Waals surface area contributed by atoms with Gasteiger partial charge in [-0.3, -0.25) is 0 Å². The lowest BCUT2D eigenvalue weighted by atomic mass is 10.1. The molecule has 0 saturated carbocycles. The van der Waals surface area contributed by atoms with Crippen LogP contribution in [0.4, 0.5) is 5.82 Å². The van der Waals surface area contributed by atoms with E-state index in [2.05, 4.69) is 29.1 Å². The van der Waals surface area contributed by atoms with Crippen molar-refractivity contribution in [1.82, 2.24) is 9.97 Å². The monoisotopic (exact) mass is 393 g/mol. The number of hydrogen-bond donors (Lipinski definition) is 1. The average Bonchev–Trinajstić information content (AvgIpc) is 2.65. The van der Waals surface area contributed by atoms with Crippen LogP contribution in [0.5, 0.6) is 17.5 Å². The van der Waals surface area contributed by atoms with Crippen molar-refractivity contribution < 1.29 is 14.2 Å². The van der Waals surface area contributed by atoms with Crippen LogP contribution in [0, 0.1) is 0 Å². The van der Waals surface area contributed by atoms with Crippen molar-refractivity contribution in [2.75, 3.05) is 19.5 Å². The minimum absolute atomic E-state index is 0.0665. The molecule has 27 heavy (non-hydrogen) atoms. The number of aromatic nitrogens is 2. The summed E-state index contributed by atoms with van der Waals surface area (Å²) in [4.78, 5) is 9.18. The summed E-state index contributed by atoms with van der Waals surface area (Å²) in [6.45, 7) is 8.17. The van der Waals surface area contributed by atoms with Gasteiger partial charge in [-0.2, -0.15) is 4.98 Å². The predicted octanol–water partition coefficient (Wildman–Crippen LogP) is 5.20. The van der Waals surface area contributed by atoms with Gasteiger partial charge in [-0.1, -0.05) is 25.4 Å². The smallest absolute Gasteiger partial charge is 0.258 e. The molecular weight excluding hydrogens is 366 g/mol. The van der Waals surface area contributed by atoms with E-state index in [9.17, 15) is 0 Å². The number of rotatable bonds is 9. The molecule has 1 N–H and O–H groups in total. The van der Waals surface area contributed by atoms with E-state index < -0.39 is 0 Å². The molecule has 0 aliphatic carbocycles. The van der Waals surface area contributed by atoms with Crippen molar-refractivity contribution in [2.24, 2.45) is 0 Å². The summed E-state index contributed by atoms with van der Waals surface area (Å²) in [5.74, 6) is 2.03. The van der Waals surface area contributed by atoms with Gasteiger partial charge in [0, 0.05) is 11.6 Å². The van der Waals surface area contributed by atoms with E-state index in [1.165, 1.54) is 0 Å². The molecule has 0 atom stereocenters. The van der Waals surface area contributed by atoms with Gasteiger partial charge in [-0.25, -0.2) is 4.98 Å². The Bertz CT molecular complexity index is 764. The van der Waals surface area contributed by atoms with Crippen LogP contribution in [-0.2, 0) is 0 Å². The molecule has 7 heteroatoms. The van der Waals surface area contributed by atoms with Crippen LogP contribution in [-0.4, -0.2) is 36.3 Å². The highest BCUT2D eigenvalue weighted by atomic mass is 35.5. The first-order valence-electron chi connectivity index (χ1n) is 9.16. The molecule has 0 fully saturated rings. The quantitative estimate of drug-likeness (QED) is 0.631. The van der Waals surface area contributed by atoms with Crippen molar-refractivity contribution in [3.63, 3.8) is 0 Å². The highest BCUT2D eigenvalue weighted by molar-refractivity contribution is 6.33. The third-order valence-electron chi connectivity index (χ3n) is 4.11. The molecule has 0 saturated heterocycles. The van der Waals surface area contributed by atoms with Gasteiger partial charge in [0.2, 0.25) is 5.88 Å². The minimum atomic E-state index is 0.0665. The van der Waals surface area contributed by atoms with Crippen LogP contribution in [0.2, 0.25) is 5.02 Å².